The Hall–Kier alpha value is -1.93. The molecule has 1 unspecified atom stereocenters. The van der Waals surface area contributed by atoms with Crippen LogP contribution in [0.2, 0.25) is 0 Å². The zero-order chi connectivity index (χ0) is 19.0. The largest absolute Gasteiger partial charge is 0.476 e. The number of ether oxygens (including phenoxy) is 1. The van der Waals surface area contributed by atoms with Crippen molar-refractivity contribution in [3.8, 4) is 0 Å². The van der Waals surface area contributed by atoms with Crippen molar-refractivity contribution < 1.29 is 19.4 Å². The number of hydrogen-bond donors (Lipinski definition) is 1. The first-order valence-corrected chi connectivity index (χ1v) is 10.0. The van der Waals surface area contributed by atoms with Gasteiger partial charge in [-0.1, -0.05) is 6.92 Å². The Morgan fingerprint density at radius 1 is 1.26 bits per heavy atom. The third-order valence-electron chi connectivity index (χ3n) is 5.93. The van der Waals surface area contributed by atoms with E-state index in [0.29, 0.717) is 38.6 Å². The first kappa shape index (κ1) is 18.4. The molecule has 1 aromatic heterocycles. The number of rotatable bonds is 6. The van der Waals surface area contributed by atoms with Gasteiger partial charge in [-0.15, -0.1) is 0 Å². The monoisotopic (exact) mass is 376 g/mol. The average molecular weight is 376 g/mol. The minimum atomic E-state index is -1.00. The van der Waals surface area contributed by atoms with Crippen LogP contribution in [0.15, 0.2) is 0 Å². The van der Waals surface area contributed by atoms with Crippen LogP contribution in [0.1, 0.15) is 47.9 Å². The molecule has 0 aromatic carbocycles. The fraction of sp³-hybridized carbons (Fsp3) is 0.737. The Morgan fingerprint density at radius 3 is 2.63 bits per heavy atom. The van der Waals surface area contributed by atoms with Crippen LogP contribution < -0.4 is 0 Å². The summed E-state index contributed by atoms with van der Waals surface area (Å²) in [5.41, 5.74) is 1.84. The maximum Gasteiger partial charge on any atom is 0.356 e. The van der Waals surface area contributed by atoms with E-state index in [0.717, 1.165) is 37.3 Å². The van der Waals surface area contributed by atoms with Gasteiger partial charge in [0.25, 0.3) is 0 Å². The summed E-state index contributed by atoms with van der Waals surface area (Å²) >= 11 is 0. The molecule has 3 aliphatic rings. The topological polar surface area (TPSA) is 87.9 Å². The minimum Gasteiger partial charge on any atom is -0.476 e. The summed E-state index contributed by atoms with van der Waals surface area (Å²) in [6.45, 7) is 6.66. The number of carbonyl (C=O) groups excluding carboxylic acids is 1. The van der Waals surface area contributed by atoms with Gasteiger partial charge in [0.15, 0.2) is 5.69 Å². The second-order valence-corrected chi connectivity index (χ2v) is 7.79. The quantitative estimate of drug-likeness (QED) is 0.797. The number of aromatic nitrogens is 2. The number of fused-ring (bicyclic) bond motifs is 1. The third kappa shape index (κ3) is 3.73. The highest BCUT2D eigenvalue weighted by molar-refractivity contribution is 5.88. The molecule has 27 heavy (non-hydrogen) atoms. The predicted molar refractivity (Wildman–Crippen MR) is 97.5 cm³/mol. The number of aromatic carboxylic acids is 1. The molecule has 1 saturated heterocycles. The first-order valence-electron chi connectivity index (χ1n) is 10.0. The summed E-state index contributed by atoms with van der Waals surface area (Å²) in [5.74, 6) is -0.284. The lowest BCUT2D eigenvalue weighted by Crippen LogP contribution is -2.52. The van der Waals surface area contributed by atoms with Crippen molar-refractivity contribution >= 4 is 11.9 Å². The molecule has 1 amide bonds. The lowest BCUT2D eigenvalue weighted by molar-refractivity contribution is -0.140. The lowest BCUT2D eigenvalue weighted by atomic mass is 10.0. The van der Waals surface area contributed by atoms with Gasteiger partial charge in [0.05, 0.1) is 19.3 Å². The normalized spacial score (nSPS) is 21.7. The highest BCUT2D eigenvalue weighted by atomic mass is 16.5. The Bertz CT molecular complexity index is 722. The van der Waals surface area contributed by atoms with Crippen LogP contribution in [-0.4, -0.2) is 75.5 Å². The van der Waals surface area contributed by atoms with Gasteiger partial charge in [0, 0.05) is 50.4 Å². The number of hydrogen-bond acceptors (Lipinski definition) is 5. The smallest absolute Gasteiger partial charge is 0.356 e. The fourth-order valence-electron chi connectivity index (χ4n) is 4.24. The fourth-order valence-corrected chi connectivity index (χ4v) is 4.24. The Kier molecular flexibility index (Phi) is 5.19. The molecule has 0 radical (unpaired) electrons. The number of amides is 1. The van der Waals surface area contributed by atoms with E-state index in [1.165, 1.54) is 12.8 Å². The molecule has 1 saturated carbocycles. The second-order valence-electron chi connectivity index (χ2n) is 7.79. The van der Waals surface area contributed by atoms with Gasteiger partial charge in [-0.3, -0.25) is 14.4 Å². The van der Waals surface area contributed by atoms with Crippen LogP contribution in [-0.2, 0) is 29.0 Å². The molecule has 8 heteroatoms. The number of morpholine rings is 1. The first-order chi connectivity index (χ1) is 13.1. The van der Waals surface area contributed by atoms with E-state index in [2.05, 4.69) is 10.00 Å². The van der Waals surface area contributed by atoms with Crippen molar-refractivity contribution in [2.24, 2.45) is 5.92 Å². The zero-order valence-corrected chi connectivity index (χ0v) is 15.9. The molecule has 1 N–H and O–H groups in total. The molecule has 3 heterocycles. The summed E-state index contributed by atoms with van der Waals surface area (Å²) in [4.78, 5) is 28.9. The number of carboxylic acid groups (broad SMARTS) is 1. The molecule has 148 valence electrons. The van der Waals surface area contributed by atoms with E-state index in [9.17, 15) is 14.7 Å². The maximum absolute atomic E-state index is 13.2. The van der Waals surface area contributed by atoms with E-state index in [1.807, 2.05) is 16.5 Å². The second kappa shape index (κ2) is 7.59. The van der Waals surface area contributed by atoms with Crippen molar-refractivity contribution in [3.05, 3.63) is 17.0 Å². The van der Waals surface area contributed by atoms with Crippen molar-refractivity contribution in [1.82, 2.24) is 19.6 Å². The minimum absolute atomic E-state index is 0.0938. The van der Waals surface area contributed by atoms with E-state index >= 15 is 0 Å². The van der Waals surface area contributed by atoms with Crippen LogP contribution >= 0.6 is 0 Å². The average Bonchev–Trinajstić information content (AvgIpc) is 3.42. The van der Waals surface area contributed by atoms with Gasteiger partial charge in [0.2, 0.25) is 5.91 Å². The molecule has 0 spiro atoms. The number of carbonyl (C=O) groups is 2. The molecule has 2 aliphatic heterocycles. The molecule has 1 aromatic rings. The molecule has 1 aliphatic carbocycles. The van der Waals surface area contributed by atoms with Gasteiger partial charge in [-0.2, -0.15) is 5.10 Å². The lowest BCUT2D eigenvalue weighted by Gasteiger charge is -2.37. The summed E-state index contributed by atoms with van der Waals surface area (Å²) in [6, 6.07) is -0.162. The van der Waals surface area contributed by atoms with Crippen LogP contribution in [0.5, 0.6) is 0 Å². The van der Waals surface area contributed by atoms with Gasteiger partial charge in [-0.05, 0) is 25.2 Å². The van der Waals surface area contributed by atoms with Gasteiger partial charge < -0.3 is 14.7 Å². The molecular formula is C19H28N4O4. The summed E-state index contributed by atoms with van der Waals surface area (Å²) in [7, 11) is 0. The van der Waals surface area contributed by atoms with Crippen molar-refractivity contribution in [3.63, 3.8) is 0 Å². The van der Waals surface area contributed by atoms with Crippen LogP contribution in [0.4, 0.5) is 0 Å². The Balaban J connectivity index is 1.53. The van der Waals surface area contributed by atoms with Gasteiger partial charge in [-0.25, -0.2) is 4.79 Å². The number of nitrogens with zero attached hydrogens (tertiary/aromatic N) is 4. The highest BCUT2D eigenvalue weighted by Crippen LogP contribution is 2.33. The molecule has 8 nitrogen and oxygen atoms in total. The van der Waals surface area contributed by atoms with Crippen molar-refractivity contribution in [1.29, 1.82) is 0 Å². The van der Waals surface area contributed by atoms with Crippen LogP contribution in [0.3, 0.4) is 0 Å². The Labute approximate surface area is 159 Å². The summed E-state index contributed by atoms with van der Waals surface area (Å²) < 4.78 is 7.29. The van der Waals surface area contributed by atoms with E-state index in [-0.39, 0.29) is 17.6 Å². The standard InChI is InChI=1S/C19H28N4O4/c1-2-15(21-7-9-27-10-8-21)18(24)22-6-5-16-14(12-22)17(19(25)26)20-23(16)11-13-3-4-13/h13,15H,2-12H2,1H3,(H,25,26). The zero-order valence-electron chi connectivity index (χ0n) is 15.9. The summed E-state index contributed by atoms with van der Waals surface area (Å²) in [5, 5.41) is 14.0. The van der Waals surface area contributed by atoms with Crippen molar-refractivity contribution in [2.75, 3.05) is 32.8 Å². The predicted octanol–water partition coefficient (Wildman–Crippen LogP) is 0.987. The number of carboxylic acids is 1. The van der Waals surface area contributed by atoms with E-state index in [4.69, 9.17) is 4.74 Å². The third-order valence-corrected chi connectivity index (χ3v) is 5.93. The molecule has 4 rings (SSSR count). The van der Waals surface area contributed by atoms with Crippen molar-refractivity contribution in [2.45, 2.75) is 51.7 Å². The SMILES string of the molecule is CCC(C(=O)N1CCc2c(c(C(=O)O)nn2CC2CC2)C1)N1CCOCC1. The van der Waals surface area contributed by atoms with Crippen LogP contribution in [0, 0.1) is 5.92 Å². The molecular weight excluding hydrogens is 348 g/mol. The van der Waals surface area contributed by atoms with Crippen LogP contribution in [0.25, 0.3) is 0 Å². The highest BCUT2D eigenvalue weighted by Gasteiger charge is 2.35. The maximum atomic E-state index is 13.2. The van der Waals surface area contributed by atoms with E-state index < -0.39 is 5.97 Å². The molecule has 1 atom stereocenters. The van der Waals surface area contributed by atoms with Gasteiger partial charge in [0.1, 0.15) is 0 Å². The summed E-state index contributed by atoms with van der Waals surface area (Å²) in [6.07, 6.45) is 3.81. The Morgan fingerprint density at radius 2 is 2.00 bits per heavy atom. The van der Waals surface area contributed by atoms with Gasteiger partial charge >= 0.3 is 5.97 Å². The molecule has 0 bridgehead atoms. The van der Waals surface area contributed by atoms with E-state index in [1.54, 1.807) is 0 Å². The molecule has 2 fully saturated rings.